The van der Waals surface area contributed by atoms with Crippen LogP contribution >= 0.6 is 0 Å². The third-order valence-corrected chi connectivity index (χ3v) is 4.68. The molecule has 0 aliphatic heterocycles. The van der Waals surface area contributed by atoms with Gasteiger partial charge in [-0.15, -0.1) is 0 Å². The molecule has 144 valence electrons. The Morgan fingerprint density at radius 2 is 2.04 bits per heavy atom. The zero-order chi connectivity index (χ0) is 19.1. The van der Waals surface area contributed by atoms with Gasteiger partial charge < -0.3 is 10.6 Å². The van der Waals surface area contributed by atoms with Gasteiger partial charge in [0, 0.05) is 18.2 Å². The Labute approximate surface area is 160 Å². The maximum atomic E-state index is 10.6. The Hall–Kier alpha value is -2.57. The molecule has 1 atom stereocenters. The summed E-state index contributed by atoms with van der Waals surface area (Å²) < 4.78 is 0. The van der Waals surface area contributed by atoms with E-state index in [9.17, 15) is 4.91 Å². The minimum absolute atomic E-state index is 0.144. The Morgan fingerprint density at radius 3 is 2.78 bits per heavy atom. The summed E-state index contributed by atoms with van der Waals surface area (Å²) in [6.07, 6.45) is 5.94. The average Bonchev–Trinajstić information content (AvgIpc) is 3.49. The normalized spacial score (nSPS) is 14.6. The summed E-state index contributed by atoms with van der Waals surface area (Å²) in [5.74, 6) is 2.50. The van der Waals surface area contributed by atoms with Crippen LogP contribution in [0.3, 0.4) is 0 Å². The van der Waals surface area contributed by atoms with E-state index >= 15 is 0 Å². The molecule has 0 unspecified atom stereocenters. The lowest BCUT2D eigenvalue weighted by Gasteiger charge is -2.15. The van der Waals surface area contributed by atoms with Crippen LogP contribution in [-0.2, 0) is 6.54 Å². The summed E-state index contributed by atoms with van der Waals surface area (Å²) in [5, 5.41) is 9.71. The molecule has 1 saturated carbocycles. The van der Waals surface area contributed by atoms with Gasteiger partial charge in [-0.2, -0.15) is 19.9 Å². The highest BCUT2D eigenvalue weighted by Crippen LogP contribution is 2.29. The van der Waals surface area contributed by atoms with Crippen molar-refractivity contribution in [2.45, 2.75) is 58.5 Å². The van der Waals surface area contributed by atoms with Gasteiger partial charge in [-0.3, -0.25) is 0 Å². The predicted octanol–water partition coefficient (Wildman–Crippen LogP) is 4.62. The lowest BCUT2D eigenvalue weighted by molar-refractivity contribution is 0.640. The van der Waals surface area contributed by atoms with Gasteiger partial charge in [-0.25, -0.2) is 0 Å². The van der Waals surface area contributed by atoms with Gasteiger partial charge in [-0.1, -0.05) is 43.1 Å². The Bertz CT molecular complexity index is 762. The molecule has 1 aromatic carbocycles. The molecule has 2 aromatic rings. The zero-order valence-electron chi connectivity index (χ0n) is 16.1. The fraction of sp³-hybridized carbons (Fsp3) is 0.550. The second-order valence-corrected chi connectivity index (χ2v) is 7.31. The molecular formula is C20H28N6O. The van der Waals surface area contributed by atoms with E-state index in [1.165, 1.54) is 25.7 Å². The number of anilines is 2. The molecule has 7 heteroatoms. The molecular weight excluding hydrogens is 340 g/mol. The molecule has 1 aliphatic rings. The zero-order valence-corrected chi connectivity index (χ0v) is 16.1. The summed E-state index contributed by atoms with van der Waals surface area (Å²) >= 11 is 0. The van der Waals surface area contributed by atoms with Crippen molar-refractivity contribution in [3.63, 3.8) is 0 Å². The Balaban J connectivity index is 1.83. The molecule has 27 heavy (non-hydrogen) atoms. The minimum atomic E-state index is 0.144. The smallest absolute Gasteiger partial charge is 0.228 e. The van der Waals surface area contributed by atoms with E-state index in [1.54, 1.807) is 0 Å². The second-order valence-electron chi connectivity index (χ2n) is 7.31. The van der Waals surface area contributed by atoms with Crippen LogP contribution in [0.1, 0.15) is 51.5 Å². The first-order valence-electron chi connectivity index (χ1n) is 9.83. The second kappa shape index (κ2) is 9.39. The maximum Gasteiger partial charge on any atom is 0.228 e. The topological polar surface area (TPSA) is 92.2 Å². The molecule has 1 aromatic heterocycles. The Morgan fingerprint density at radius 1 is 1.22 bits per heavy atom. The van der Waals surface area contributed by atoms with Gasteiger partial charge in [-0.05, 0) is 43.7 Å². The number of hydrogen-bond acceptors (Lipinski definition) is 7. The summed E-state index contributed by atoms with van der Waals surface area (Å²) in [4.78, 5) is 24.3. The largest absolute Gasteiger partial charge is 0.354 e. The van der Waals surface area contributed by atoms with E-state index in [0.717, 1.165) is 30.0 Å². The highest BCUT2D eigenvalue weighted by molar-refractivity contribution is 5.59. The minimum Gasteiger partial charge on any atom is -0.354 e. The van der Waals surface area contributed by atoms with Gasteiger partial charge in [0.25, 0.3) is 0 Å². The number of nitrogens with one attached hydrogen (secondary N) is 2. The number of nitroso groups, excluding NO2 is 1. The van der Waals surface area contributed by atoms with Gasteiger partial charge >= 0.3 is 0 Å². The molecule has 1 aliphatic carbocycles. The first-order valence-corrected chi connectivity index (χ1v) is 9.83. The van der Waals surface area contributed by atoms with E-state index in [2.05, 4.69) is 44.6 Å². The van der Waals surface area contributed by atoms with Crippen LogP contribution in [0.15, 0.2) is 29.4 Å². The van der Waals surface area contributed by atoms with Crippen LogP contribution in [0, 0.1) is 10.8 Å². The Kier molecular flexibility index (Phi) is 6.68. The van der Waals surface area contributed by atoms with Crippen LogP contribution in [-0.4, -0.2) is 27.5 Å². The highest BCUT2D eigenvalue weighted by Gasteiger charge is 2.21. The molecule has 1 heterocycles. The highest BCUT2D eigenvalue weighted by atomic mass is 16.3. The summed E-state index contributed by atoms with van der Waals surface area (Å²) in [6, 6.07) is 7.92. The molecule has 2 N–H and O–H groups in total. The number of nitrogens with zero attached hydrogens (tertiary/aromatic N) is 4. The van der Waals surface area contributed by atoms with Gasteiger partial charge in [0.2, 0.25) is 11.9 Å². The third kappa shape index (κ3) is 5.98. The van der Waals surface area contributed by atoms with Crippen LogP contribution < -0.4 is 10.6 Å². The number of rotatable bonds is 11. The standard InChI is InChI=1S/C20H28N6O/c1-3-4-6-14(2)23-20-25-18(17-8-5-7-16(11-17)13-22-27)24-19(26-20)21-12-15-9-10-15/h5,7-8,11,14-15H,3-4,6,9-10,12-13H2,1-2H3,(H2,21,23,24,25,26)/t14-/m1/s1. The quantitative estimate of drug-likeness (QED) is 0.562. The van der Waals surface area contributed by atoms with Crippen LogP contribution in [0.4, 0.5) is 11.9 Å². The molecule has 0 radical (unpaired) electrons. The summed E-state index contributed by atoms with van der Waals surface area (Å²) in [7, 11) is 0. The average molecular weight is 368 g/mol. The number of hydrogen-bond donors (Lipinski definition) is 2. The van der Waals surface area contributed by atoms with Crippen molar-refractivity contribution in [3.8, 4) is 11.4 Å². The van der Waals surface area contributed by atoms with Gasteiger partial charge in [0.05, 0.1) is 0 Å². The molecule has 0 saturated heterocycles. The van der Waals surface area contributed by atoms with Crippen LogP contribution in [0.2, 0.25) is 0 Å². The SMILES string of the molecule is CCCC[C@@H](C)Nc1nc(NCC2CC2)nc(-c2cccc(CN=O)c2)n1. The summed E-state index contributed by atoms with van der Waals surface area (Å²) in [6.45, 7) is 5.37. The van der Waals surface area contributed by atoms with E-state index in [0.29, 0.717) is 23.8 Å². The lowest BCUT2D eigenvalue weighted by Crippen LogP contribution is -2.18. The molecule has 3 rings (SSSR count). The van der Waals surface area contributed by atoms with E-state index in [-0.39, 0.29) is 6.54 Å². The fourth-order valence-electron chi connectivity index (χ4n) is 2.89. The van der Waals surface area contributed by atoms with E-state index in [4.69, 9.17) is 0 Å². The monoisotopic (exact) mass is 368 g/mol. The molecule has 0 bridgehead atoms. The van der Waals surface area contributed by atoms with Gasteiger partial charge in [0.15, 0.2) is 5.82 Å². The lowest BCUT2D eigenvalue weighted by atomic mass is 10.1. The van der Waals surface area contributed by atoms with Crippen molar-refractivity contribution in [1.29, 1.82) is 0 Å². The molecule has 0 spiro atoms. The fourth-order valence-corrected chi connectivity index (χ4v) is 2.89. The van der Waals surface area contributed by atoms with Gasteiger partial charge in [0.1, 0.15) is 6.54 Å². The molecule has 7 nitrogen and oxygen atoms in total. The molecule has 1 fully saturated rings. The number of aromatic nitrogens is 3. The molecule has 0 amide bonds. The van der Waals surface area contributed by atoms with Crippen molar-refractivity contribution >= 4 is 11.9 Å². The number of unbranched alkanes of at least 4 members (excludes halogenated alkanes) is 1. The van der Waals surface area contributed by atoms with Crippen molar-refractivity contribution in [2.75, 3.05) is 17.2 Å². The van der Waals surface area contributed by atoms with Crippen LogP contribution in [0.5, 0.6) is 0 Å². The first-order chi connectivity index (χ1) is 13.2. The third-order valence-electron chi connectivity index (χ3n) is 4.68. The predicted molar refractivity (Wildman–Crippen MR) is 109 cm³/mol. The van der Waals surface area contributed by atoms with Crippen LogP contribution in [0.25, 0.3) is 11.4 Å². The van der Waals surface area contributed by atoms with E-state index < -0.39 is 0 Å². The van der Waals surface area contributed by atoms with Crippen molar-refractivity contribution in [2.24, 2.45) is 11.1 Å². The maximum absolute atomic E-state index is 10.6. The van der Waals surface area contributed by atoms with Crippen molar-refractivity contribution < 1.29 is 0 Å². The van der Waals surface area contributed by atoms with Crippen molar-refractivity contribution in [3.05, 3.63) is 34.7 Å². The summed E-state index contributed by atoms with van der Waals surface area (Å²) in [5.41, 5.74) is 1.71. The number of benzene rings is 1. The van der Waals surface area contributed by atoms with Crippen molar-refractivity contribution in [1.82, 2.24) is 15.0 Å². The van der Waals surface area contributed by atoms with E-state index in [1.807, 2.05) is 24.3 Å². The first kappa shape index (κ1) is 19.2.